The van der Waals surface area contributed by atoms with Crippen LogP contribution in [0.1, 0.15) is 47.0 Å². The van der Waals surface area contributed by atoms with Crippen LogP contribution in [0, 0.1) is 11.3 Å². The first-order valence-corrected chi connectivity index (χ1v) is 6.97. The van der Waals surface area contributed by atoms with Crippen molar-refractivity contribution in [3.8, 4) is 0 Å². The van der Waals surface area contributed by atoms with Crippen molar-refractivity contribution in [3.63, 3.8) is 0 Å². The number of nitrogens with zero attached hydrogens (tertiary/aromatic N) is 1. The highest BCUT2D eigenvalue weighted by molar-refractivity contribution is 5.83. The molecule has 3 heteroatoms. The van der Waals surface area contributed by atoms with Gasteiger partial charge in [-0.25, -0.2) is 0 Å². The van der Waals surface area contributed by atoms with E-state index in [0.717, 1.165) is 38.9 Å². The van der Waals surface area contributed by atoms with E-state index in [9.17, 15) is 4.79 Å². The average molecular weight is 238 g/mol. The maximum absolute atomic E-state index is 12.1. The number of rotatable bonds is 6. The van der Waals surface area contributed by atoms with E-state index in [1.165, 1.54) is 0 Å². The van der Waals surface area contributed by atoms with Crippen LogP contribution in [-0.4, -0.2) is 36.0 Å². The summed E-state index contributed by atoms with van der Waals surface area (Å²) < 4.78 is 0. The van der Waals surface area contributed by atoms with Crippen LogP contribution in [-0.2, 0) is 4.79 Å². The molecule has 1 amide bonds. The maximum Gasteiger partial charge on any atom is 0.224 e. The molecule has 0 heterocycles. The maximum atomic E-state index is 12.1. The van der Waals surface area contributed by atoms with Crippen LogP contribution in [0.2, 0.25) is 0 Å². The van der Waals surface area contributed by atoms with Gasteiger partial charge in [-0.2, -0.15) is 0 Å². The Labute approximate surface area is 105 Å². The Bertz CT molecular complexity index is 303. The lowest BCUT2D eigenvalue weighted by molar-refractivity contribution is -0.124. The second-order valence-electron chi connectivity index (χ2n) is 6.48. The van der Waals surface area contributed by atoms with Crippen LogP contribution < -0.4 is 5.32 Å². The summed E-state index contributed by atoms with van der Waals surface area (Å²) in [4.78, 5) is 14.5. The van der Waals surface area contributed by atoms with E-state index in [1.54, 1.807) is 0 Å². The van der Waals surface area contributed by atoms with Gasteiger partial charge in [0.25, 0.3) is 0 Å². The second kappa shape index (κ2) is 4.27. The van der Waals surface area contributed by atoms with Crippen LogP contribution in [0.3, 0.4) is 0 Å². The van der Waals surface area contributed by atoms with Crippen molar-refractivity contribution in [3.05, 3.63) is 0 Å². The zero-order valence-electron chi connectivity index (χ0n) is 11.7. The number of carbonyl (C=O) groups is 1. The summed E-state index contributed by atoms with van der Waals surface area (Å²) in [5.41, 5.74) is 0.358. The van der Waals surface area contributed by atoms with Crippen molar-refractivity contribution in [1.82, 2.24) is 10.2 Å². The summed E-state index contributed by atoms with van der Waals surface area (Å²) in [6, 6.07) is 0. The summed E-state index contributed by atoms with van der Waals surface area (Å²) in [5, 5.41) is 3.30. The predicted molar refractivity (Wildman–Crippen MR) is 69.8 cm³/mol. The first-order valence-electron chi connectivity index (χ1n) is 6.97. The van der Waals surface area contributed by atoms with Gasteiger partial charge in [-0.15, -0.1) is 0 Å². The topological polar surface area (TPSA) is 32.3 Å². The lowest BCUT2D eigenvalue weighted by atomic mass is 10.1. The molecule has 2 rings (SSSR count). The third-order valence-electron chi connectivity index (χ3n) is 4.49. The average Bonchev–Trinajstić information content (AvgIpc) is 3.14. The van der Waals surface area contributed by atoms with Gasteiger partial charge in [0, 0.05) is 12.5 Å². The quantitative estimate of drug-likeness (QED) is 0.768. The van der Waals surface area contributed by atoms with Gasteiger partial charge in [-0.1, -0.05) is 27.7 Å². The van der Waals surface area contributed by atoms with Gasteiger partial charge in [-0.3, -0.25) is 4.79 Å². The zero-order chi connectivity index (χ0) is 12.7. The van der Waals surface area contributed by atoms with Crippen LogP contribution in [0.25, 0.3) is 0 Å². The van der Waals surface area contributed by atoms with Gasteiger partial charge in [0.2, 0.25) is 5.91 Å². The minimum atomic E-state index is 0.113. The number of likely N-dealkylation sites (N-methyl/N-ethyl adjacent to an activating group) is 1. The monoisotopic (exact) mass is 238 g/mol. The van der Waals surface area contributed by atoms with Crippen LogP contribution in [0.4, 0.5) is 0 Å². The van der Waals surface area contributed by atoms with Gasteiger partial charge in [0.15, 0.2) is 0 Å². The van der Waals surface area contributed by atoms with E-state index in [2.05, 4.69) is 37.9 Å². The minimum Gasteiger partial charge on any atom is -0.349 e. The number of hydrogen-bond donors (Lipinski definition) is 1. The Kier molecular flexibility index (Phi) is 3.23. The lowest BCUT2D eigenvalue weighted by Crippen LogP contribution is -2.46. The molecule has 1 atom stereocenters. The molecule has 0 aliphatic heterocycles. The molecule has 2 aliphatic carbocycles. The van der Waals surface area contributed by atoms with Crippen molar-refractivity contribution in [1.29, 1.82) is 0 Å². The molecule has 0 aromatic carbocycles. The van der Waals surface area contributed by atoms with Crippen LogP contribution >= 0.6 is 0 Å². The Morgan fingerprint density at radius 2 is 1.82 bits per heavy atom. The van der Waals surface area contributed by atoms with E-state index in [4.69, 9.17) is 0 Å². The molecule has 0 aromatic heterocycles. The van der Waals surface area contributed by atoms with E-state index in [0.29, 0.717) is 5.91 Å². The summed E-state index contributed by atoms with van der Waals surface area (Å²) >= 11 is 0. The summed E-state index contributed by atoms with van der Waals surface area (Å²) in [6.07, 6.45) is 3.37. The van der Waals surface area contributed by atoms with Crippen LogP contribution in [0.15, 0.2) is 0 Å². The van der Waals surface area contributed by atoms with E-state index in [1.807, 2.05) is 0 Å². The van der Waals surface area contributed by atoms with Crippen molar-refractivity contribution in [2.45, 2.75) is 52.5 Å². The van der Waals surface area contributed by atoms with Crippen molar-refractivity contribution < 1.29 is 4.79 Å². The third kappa shape index (κ3) is 2.82. The highest BCUT2D eigenvalue weighted by Gasteiger charge is 2.54. The van der Waals surface area contributed by atoms with Gasteiger partial charge in [0.1, 0.15) is 0 Å². The SMILES string of the molecule is CCN(CC)CC1(NC(=O)C2CC2(C)C)CC1. The molecule has 17 heavy (non-hydrogen) atoms. The largest absolute Gasteiger partial charge is 0.349 e. The Balaban J connectivity index is 1.84. The van der Waals surface area contributed by atoms with Gasteiger partial charge in [-0.05, 0) is 37.8 Å². The zero-order valence-corrected chi connectivity index (χ0v) is 11.7. The normalized spacial score (nSPS) is 27.9. The van der Waals surface area contributed by atoms with Crippen LogP contribution in [0.5, 0.6) is 0 Å². The van der Waals surface area contributed by atoms with Crippen molar-refractivity contribution in [2.24, 2.45) is 11.3 Å². The summed E-state index contributed by atoms with van der Waals surface area (Å²) in [6.45, 7) is 11.9. The number of hydrogen-bond acceptors (Lipinski definition) is 2. The smallest absolute Gasteiger partial charge is 0.224 e. The fourth-order valence-electron chi connectivity index (χ4n) is 2.61. The molecule has 1 unspecified atom stereocenters. The van der Waals surface area contributed by atoms with E-state index >= 15 is 0 Å². The Morgan fingerprint density at radius 1 is 1.29 bits per heavy atom. The van der Waals surface area contributed by atoms with E-state index in [-0.39, 0.29) is 16.9 Å². The fraction of sp³-hybridized carbons (Fsp3) is 0.929. The molecular formula is C14H26N2O. The predicted octanol–water partition coefficient (Wildman–Crippen LogP) is 2.02. The van der Waals surface area contributed by atoms with Crippen molar-refractivity contribution >= 4 is 5.91 Å². The molecule has 0 radical (unpaired) electrons. The molecule has 2 aliphatic rings. The molecule has 2 saturated carbocycles. The summed E-state index contributed by atoms with van der Waals surface area (Å²) in [5.74, 6) is 0.552. The molecule has 1 N–H and O–H groups in total. The highest BCUT2D eigenvalue weighted by atomic mass is 16.2. The molecule has 0 spiro atoms. The Morgan fingerprint density at radius 3 is 2.18 bits per heavy atom. The van der Waals surface area contributed by atoms with E-state index < -0.39 is 0 Å². The first-order chi connectivity index (χ1) is 7.92. The summed E-state index contributed by atoms with van der Waals surface area (Å²) in [7, 11) is 0. The van der Waals surface area contributed by atoms with Gasteiger partial charge in [0.05, 0.1) is 5.54 Å². The van der Waals surface area contributed by atoms with Gasteiger partial charge >= 0.3 is 0 Å². The standard InChI is InChI=1S/C14H26N2O/c1-5-16(6-2)10-14(7-8-14)15-12(17)11-9-13(11,3)4/h11H,5-10H2,1-4H3,(H,15,17). The fourth-order valence-corrected chi connectivity index (χ4v) is 2.61. The highest BCUT2D eigenvalue weighted by Crippen LogP contribution is 2.52. The molecular weight excluding hydrogens is 212 g/mol. The molecule has 2 fully saturated rings. The Hall–Kier alpha value is -0.570. The minimum absolute atomic E-state index is 0.113. The number of nitrogens with one attached hydrogen (secondary N) is 1. The number of amides is 1. The molecule has 0 bridgehead atoms. The van der Waals surface area contributed by atoms with Gasteiger partial charge < -0.3 is 10.2 Å². The molecule has 98 valence electrons. The lowest BCUT2D eigenvalue weighted by Gasteiger charge is -2.26. The first kappa shape index (κ1) is 12.9. The second-order valence-corrected chi connectivity index (χ2v) is 6.48. The van der Waals surface area contributed by atoms with Crippen molar-refractivity contribution in [2.75, 3.05) is 19.6 Å². The molecule has 3 nitrogen and oxygen atoms in total. The molecule has 0 aromatic rings. The molecule has 0 saturated heterocycles. The number of carbonyl (C=O) groups excluding carboxylic acids is 1. The third-order valence-corrected chi connectivity index (χ3v) is 4.49.